The molecular weight excluding hydrogens is 196 g/mol. The molecule has 0 aliphatic rings. The Morgan fingerprint density at radius 3 is 2.67 bits per heavy atom. The zero-order valence-electron chi connectivity index (χ0n) is 9.75. The van der Waals surface area contributed by atoms with E-state index in [1.165, 1.54) is 6.26 Å². The van der Waals surface area contributed by atoms with Crippen molar-refractivity contribution in [3.63, 3.8) is 0 Å². The van der Waals surface area contributed by atoms with Gasteiger partial charge in [0.05, 0.1) is 6.61 Å². The fraction of sp³-hybridized carbons (Fsp3) is 0.727. The average molecular weight is 216 g/mol. The zero-order valence-corrected chi connectivity index (χ0v) is 9.75. The van der Waals surface area contributed by atoms with Gasteiger partial charge in [-0.15, -0.1) is 0 Å². The van der Waals surface area contributed by atoms with Crippen LogP contribution in [0.3, 0.4) is 0 Å². The van der Waals surface area contributed by atoms with Gasteiger partial charge in [0.2, 0.25) is 0 Å². The van der Waals surface area contributed by atoms with Crippen LogP contribution in [0.5, 0.6) is 0 Å². The Labute approximate surface area is 91.1 Å². The summed E-state index contributed by atoms with van der Waals surface area (Å²) < 4.78 is 5.24. The summed E-state index contributed by atoms with van der Waals surface area (Å²) in [5.74, 6) is -0.205. The molecule has 0 saturated heterocycles. The maximum atomic E-state index is 11.3. The van der Waals surface area contributed by atoms with Crippen molar-refractivity contribution >= 4 is 5.97 Å². The lowest BCUT2D eigenvalue weighted by Crippen LogP contribution is -2.27. The van der Waals surface area contributed by atoms with Crippen LogP contribution in [-0.4, -0.2) is 18.2 Å². The molecule has 0 radical (unpaired) electrons. The number of rotatable bonds is 8. The second-order valence-electron chi connectivity index (χ2n) is 3.78. The van der Waals surface area contributed by atoms with Crippen LogP contribution in [0.15, 0.2) is 12.8 Å². The van der Waals surface area contributed by atoms with Crippen molar-refractivity contribution in [1.29, 1.82) is 0 Å². The van der Waals surface area contributed by atoms with Crippen molar-refractivity contribution in [3.05, 3.63) is 12.8 Å². The molecule has 0 saturated carbocycles. The predicted molar refractivity (Wildman–Crippen MR) is 56.9 cm³/mol. The number of carbonyl (C=O) groups excluding carboxylic acids is 1. The Kier molecular flexibility index (Phi) is 6.79. The number of carbonyl (C=O) groups is 1. The molecule has 0 aliphatic carbocycles. The first-order chi connectivity index (χ1) is 7.02. The van der Waals surface area contributed by atoms with Crippen molar-refractivity contribution in [1.82, 2.24) is 0 Å². The average Bonchev–Trinajstić information content (AvgIpc) is 2.17. The Balaban J connectivity index is 3.53. The van der Waals surface area contributed by atoms with E-state index in [-0.39, 0.29) is 11.6 Å². The first-order valence-electron chi connectivity index (χ1n) is 5.13. The predicted octanol–water partition coefficient (Wildman–Crippen LogP) is 2.59. The number of ether oxygens (including phenoxy) is 1. The summed E-state index contributed by atoms with van der Waals surface area (Å²) in [6, 6.07) is 0. The van der Waals surface area contributed by atoms with E-state index in [1.807, 2.05) is 20.8 Å². The Morgan fingerprint density at radius 1 is 1.47 bits per heavy atom. The van der Waals surface area contributed by atoms with Gasteiger partial charge in [0.15, 0.2) is 0 Å². The summed E-state index contributed by atoms with van der Waals surface area (Å²) >= 11 is 0. The molecule has 0 amide bonds. The van der Waals surface area contributed by atoms with Gasteiger partial charge in [-0.2, -0.15) is 4.89 Å². The van der Waals surface area contributed by atoms with Gasteiger partial charge in [-0.1, -0.05) is 13.5 Å². The second kappa shape index (κ2) is 7.29. The Hall–Kier alpha value is -1.03. The van der Waals surface area contributed by atoms with Crippen molar-refractivity contribution < 1.29 is 19.3 Å². The monoisotopic (exact) mass is 216 g/mol. The highest BCUT2D eigenvalue weighted by molar-refractivity contribution is 5.69. The summed E-state index contributed by atoms with van der Waals surface area (Å²) in [7, 11) is 0. The van der Waals surface area contributed by atoms with Gasteiger partial charge in [0, 0.05) is 6.42 Å². The minimum absolute atomic E-state index is 0.205. The van der Waals surface area contributed by atoms with Gasteiger partial charge >= 0.3 is 5.97 Å². The first-order valence-corrected chi connectivity index (χ1v) is 5.13. The summed E-state index contributed by atoms with van der Waals surface area (Å²) in [4.78, 5) is 20.4. The first kappa shape index (κ1) is 14.0. The van der Waals surface area contributed by atoms with Crippen LogP contribution in [0.25, 0.3) is 0 Å². The SMILES string of the molecule is C=COOCCCC(=O)OC(C)(C)CC. The van der Waals surface area contributed by atoms with Gasteiger partial charge < -0.3 is 9.62 Å². The second-order valence-corrected chi connectivity index (χ2v) is 3.78. The molecule has 0 fully saturated rings. The highest BCUT2D eigenvalue weighted by atomic mass is 17.2. The van der Waals surface area contributed by atoms with Crippen LogP contribution in [0.4, 0.5) is 0 Å². The van der Waals surface area contributed by atoms with Crippen LogP contribution in [0.2, 0.25) is 0 Å². The maximum absolute atomic E-state index is 11.3. The third kappa shape index (κ3) is 8.00. The minimum Gasteiger partial charge on any atom is -0.460 e. The number of hydrogen-bond acceptors (Lipinski definition) is 4. The Morgan fingerprint density at radius 2 is 2.13 bits per heavy atom. The highest BCUT2D eigenvalue weighted by Crippen LogP contribution is 2.14. The third-order valence-corrected chi connectivity index (χ3v) is 1.99. The Bertz CT molecular complexity index is 199. The van der Waals surface area contributed by atoms with Crippen LogP contribution >= 0.6 is 0 Å². The molecule has 0 rings (SSSR count). The molecule has 0 unspecified atom stereocenters. The topological polar surface area (TPSA) is 44.8 Å². The van der Waals surface area contributed by atoms with Gasteiger partial charge in [-0.05, 0) is 26.7 Å². The van der Waals surface area contributed by atoms with E-state index in [2.05, 4.69) is 16.4 Å². The summed E-state index contributed by atoms with van der Waals surface area (Å²) in [5, 5.41) is 0. The molecular formula is C11H20O4. The van der Waals surface area contributed by atoms with Gasteiger partial charge in [0.25, 0.3) is 0 Å². The number of hydrogen-bond donors (Lipinski definition) is 0. The number of esters is 1. The van der Waals surface area contributed by atoms with Gasteiger partial charge in [0.1, 0.15) is 11.9 Å². The lowest BCUT2D eigenvalue weighted by Gasteiger charge is -2.23. The molecule has 88 valence electrons. The molecule has 0 spiro atoms. The summed E-state index contributed by atoms with van der Waals surface area (Å²) in [6.45, 7) is 9.43. The molecule has 0 aromatic heterocycles. The van der Waals surface area contributed by atoms with E-state index in [0.717, 1.165) is 6.42 Å². The van der Waals surface area contributed by atoms with E-state index < -0.39 is 0 Å². The largest absolute Gasteiger partial charge is 0.460 e. The molecule has 0 aromatic carbocycles. The summed E-state index contributed by atoms with van der Waals surface area (Å²) in [5.41, 5.74) is -0.379. The molecule has 0 bridgehead atoms. The van der Waals surface area contributed by atoms with Crippen LogP contribution in [-0.2, 0) is 19.3 Å². The van der Waals surface area contributed by atoms with Crippen molar-refractivity contribution in [3.8, 4) is 0 Å². The molecule has 0 atom stereocenters. The van der Waals surface area contributed by atoms with Crippen molar-refractivity contribution in [2.75, 3.05) is 6.61 Å². The smallest absolute Gasteiger partial charge is 0.306 e. The maximum Gasteiger partial charge on any atom is 0.306 e. The van der Waals surface area contributed by atoms with Crippen molar-refractivity contribution in [2.45, 2.75) is 45.6 Å². The molecule has 15 heavy (non-hydrogen) atoms. The molecule has 4 heteroatoms. The van der Waals surface area contributed by atoms with E-state index in [1.54, 1.807) is 0 Å². The van der Waals surface area contributed by atoms with Gasteiger partial charge in [-0.3, -0.25) is 4.79 Å². The van der Waals surface area contributed by atoms with Crippen molar-refractivity contribution in [2.24, 2.45) is 0 Å². The van der Waals surface area contributed by atoms with Crippen LogP contribution in [0.1, 0.15) is 40.0 Å². The van der Waals surface area contributed by atoms with Crippen LogP contribution in [0, 0.1) is 0 Å². The van der Waals surface area contributed by atoms with E-state index in [0.29, 0.717) is 19.4 Å². The third-order valence-electron chi connectivity index (χ3n) is 1.99. The molecule has 0 N–H and O–H groups in total. The highest BCUT2D eigenvalue weighted by Gasteiger charge is 2.19. The normalized spacial score (nSPS) is 10.9. The van der Waals surface area contributed by atoms with E-state index in [4.69, 9.17) is 4.74 Å². The van der Waals surface area contributed by atoms with Gasteiger partial charge in [-0.25, -0.2) is 0 Å². The van der Waals surface area contributed by atoms with E-state index >= 15 is 0 Å². The standard InChI is InChI=1S/C11H20O4/c1-5-11(3,4)15-10(12)8-7-9-14-13-6-2/h6H,2,5,7-9H2,1,3-4H3. The molecule has 0 aliphatic heterocycles. The van der Waals surface area contributed by atoms with E-state index in [9.17, 15) is 4.79 Å². The summed E-state index contributed by atoms with van der Waals surface area (Å²) in [6.07, 6.45) is 2.91. The fourth-order valence-electron chi connectivity index (χ4n) is 0.803. The minimum atomic E-state index is -0.379. The quantitative estimate of drug-likeness (QED) is 0.206. The van der Waals surface area contributed by atoms with Crippen LogP contribution < -0.4 is 0 Å². The molecule has 4 nitrogen and oxygen atoms in total. The molecule has 0 heterocycles. The zero-order chi connectivity index (χ0) is 11.7. The lowest BCUT2D eigenvalue weighted by atomic mass is 10.1. The lowest BCUT2D eigenvalue weighted by molar-refractivity contribution is -0.248. The molecule has 0 aromatic rings. The fourth-order valence-corrected chi connectivity index (χ4v) is 0.803.